The van der Waals surface area contributed by atoms with Crippen molar-refractivity contribution in [3.05, 3.63) is 65.2 Å². The van der Waals surface area contributed by atoms with Gasteiger partial charge in [0.25, 0.3) is 0 Å². The second-order valence-electron chi connectivity index (χ2n) is 9.54. The number of rotatable bonds is 7. The van der Waals surface area contributed by atoms with Crippen molar-refractivity contribution in [3.8, 4) is 5.75 Å². The third-order valence-electron chi connectivity index (χ3n) is 6.57. The molecule has 8 heteroatoms. The second kappa shape index (κ2) is 9.58. The van der Waals surface area contributed by atoms with Crippen molar-refractivity contribution in [1.29, 1.82) is 0 Å². The Morgan fingerprint density at radius 1 is 0.970 bits per heavy atom. The van der Waals surface area contributed by atoms with Crippen LogP contribution in [0.15, 0.2) is 42.5 Å². The summed E-state index contributed by atoms with van der Waals surface area (Å²) < 4.78 is 74.7. The average molecular weight is 472 g/mol. The largest absolute Gasteiger partial charge is 0.496 e. The minimum Gasteiger partial charge on any atom is -0.496 e. The number of hydrogen-bond acceptors (Lipinski definition) is 3. The van der Waals surface area contributed by atoms with E-state index in [9.17, 15) is 27.1 Å². The lowest BCUT2D eigenvalue weighted by atomic mass is 9.74. The molecule has 0 bridgehead atoms. The first kappa shape index (κ1) is 25.4. The fraction of sp³-hybridized carbons (Fsp3) is 0.520. The van der Waals surface area contributed by atoms with Gasteiger partial charge in [0.2, 0.25) is 0 Å². The van der Waals surface area contributed by atoms with E-state index < -0.39 is 36.0 Å². The van der Waals surface area contributed by atoms with Crippen LogP contribution in [0.3, 0.4) is 0 Å². The van der Waals surface area contributed by atoms with Gasteiger partial charge in [-0.15, -0.1) is 0 Å². The van der Waals surface area contributed by atoms with Gasteiger partial charge in [-0.25, -0.2) is 8.78 Å². The van der Waals surface area contributed by atoms with Crippen molar-refractivity contribution >= 4 is 0 Å². The van der Waals surface area contributed by atoms with Crippen molar-refractivity contribution in [2.45, 2.75) is 56.2 Å². The molecule has 182 valence electrons. The van der Waals surface area contributed by atoms with Crippen molar-refractivity contribution in [2.75, 3.05) is 26.7 Å². The van der Waals surface area contributed by atoms with E-state index in [0.717, 1.165) is 11.6 Å². The lowest BCUT2D eigenvalue weighted by molar-refractivity contribution is -0.272. The normalized spacial score (nSPS) is 18.2. The molecule has 0 saturated carbocycles. The van der Waals surface area contributed by atoms with Crippen LogP contribution in [-0.4, -0.2) is 48.5 Å². The molecule has 3 nitrogen and oxygen atoms in total. The van der Waals surface area contributed by atoms with Gasteiger partial charge in [0.05, 0.1) is 7.11 Å². The summed E-state index contributed by atoms with van der Waals surface area (Å²) in [6.45, 7) is 3.27. The molecular weight excluding hydrogens is 441 g/mol. The van der Waals surface area contributed by atoms with Crippen LogP contribution >= 0.6 is 0 Å². The number of benzene rings is 2. The number of methoxy groups -OCH3 is 1. The minimum atomic E-state index is -4.88. The van der Waals surface area contributed by atoms with Gasteiger partial charge < -0.3 is 14.7 Å². The molecule has 0 spiro atoms. The number of halogens is 5. The Bertz CT molecular complexity index is 937. The summed E-state index contributed by atoms with van der Waals surface area (Å²) in [7, 11) is 1.37. The van der Waals surface area contributed by atoms with Crippen LogP contribution in [0.4, 0.5) is 22.0 Å². The van der Waals surface area contributed by atoms with Crippen LogP contribution in [0.5, 0.6) is 5.75 Å². The second-order valence-corrected chi connectivity index (χ2v) is 9.54. The summed E-state index contributed by atoms with van der Waals surface area (Å²) in [6.07, 6.45) is -4.30. The van der Waals surface area contributed by atoms with E-state index in [1.165, 1.54) is 31.4 Å². The van der Waals surface area contributed by atoms with Crippen molar-refractivity contribution in [3.63, 3.8) is 0 Å². The number of likely N-dealkylation sites (tertiary alicyclic amines) is 1. The third-order valence-corrected chi connectivity index (χ3v) is 6.57. The Kier molecular flexibility index (Phi) is 7.39. The first-order valence-electron chi connectivity index (χ1n) is 11.0. The molecule has 1 aliphatic heterocycles. The van der Waals surface area contributed by atoms with Gasteiger partial charge in [-0.05, 0) is 79.6 Å². The number of piperidine rings is 1. The molecule has 1 fully saturated rings. The van der Waals surface area contributed by atoms with E-state index in [0.29, 0.717) is 25.9 Å². The Morgan fingerprint density at radius 3 is 2.09 bits per heavy atom. The summed E-state index contributed by atoms with van der Waals surface area (Å²) in [4.78, 5) is 1.62. The molecule has 1 aliphatic rings. The molecule has 33 heavy (non-hydrogen) atoms. The smallest absolute Gasteiger partial charge is 0.418 e. The summed E-state index contributed by atoms with van der Waals surface area (Å²) in [5.74, 6) is -0.513. The van der Waals surface area contributed by atoms with E-state index in [1.807, 2.05) is 0 Å². The molecule has 3 rings (SSSR count). The topological polar surface area (TPSA) is 32.7 Å². The average Bonchev–Trinajstić information content (AvgIpc) is 2.74. The Balaban J connectivity index is 1.76. The quantitative estimate of drug-likeness (QED) is 0.517. The summed E-state index contributed by atoms with van der Waals surface area (Å²) in [5.41, 5.74) is -2.98. The highest BCUT2D eigenvalue weighted by molar-refractivity contribution is 5.39. The van der Waals surface area contributed by atoms with Gasteiger partial charge in [-0.3, -0.25) is 0 Å². The number of ether oxygens (including phenoxy) is 1. The molecule has 0 aromatic heterocycles. The number of β-amino-alcohol motifs (C(OH)–C–C–N with tert-alkyl or cyclic N) is 1. The summed E-state index contributed by atoms with van der Waals surface area (Å²) in [6, 6.07) is 9.88. The Hall–Kier alpha value is -2.19. The van der Waals surface area contributed by atoms with Crippen LogP contribution in [-0.2, 0) is 5.41 Å². The standard InChI is InChI=1S/C25H30F5NO2/c1-23(2,21-14-20(27)8-9-22(21)33-3)15-24(32,25(28,29)30)16-31-12-10-18(11-13-31)17-4-6-19(26)7-5-17/h4-9,14,18,32H,10-13,15-16H2,1-3H3. The van der Waals surface area contributed by atoms with Gasteiger partial charge in [0.1, 0.15) is 17.4 Å². The first-order chi connectivity index (χ1) is 15.3. The SMILES string of the molecule is COc1ccc(F)cc1C(C)(C)CC(O)(CN1CCC(c2ccc(F)cc2)CC1)C(F)(F)F. The van der Waals surface area contributed by atoms with Crippen LogP contribution < -0.4 is 4.74 Å². The maximum atomic E-state index is 14.1. The van der Waals surface area contributed by atoms with Gasteiger partial charge >= 0.3 is 6.18 Å². The maximum Gasteiger partial charge on any atom is 0.418 e. The van der Waals surface area contributed by atoms with Crippen molar-refractivity contribution in [2.24, 2.45) is 0 Å². The van der Waals surface area contributed by atoms with Crippen LogP contribution in [0.2, 0.25) is 0 Å². The monoisotopic (exact) mass is 471 g/mol. The van der Waals surface area contributed by atoms with Gasteiger partial charge in [-0.1, -0.05) is 26.0 Å². The molecule has 2 aromatic rings. The summed E-state index contributed by atoms with van der Waals surface area (Å²) >= 11 is 0. The molecule has 2 aromatic carbocycles. The lowest BCUT2D eigenvalue weighted by Crippen LogP contribution is -2.57. The van der Waals surface area contributed by atoms with Crippen molar-refractivity contribution < 1.29 is 31.8 Å². The zero-order chi connectivity index (χ0) is 24.4. The third kappa shape index (κ3) is 5.84. The zero-order valence-corrected chi connectivity index (χ0v) is 19.1. The van der Waals surface area contributed by atoms with E-state index >= 15 is 0 Å². The number of nitrogens with zero attached hydrogens (tertiary/aromatic N) is 1. The van der Waals surface area contributed by atoms with Gasteiger partial charge in [-0.2, -0.15) is 13.2 Å². The predicted octanol–water partition coefficient (Wildman–Crippen LogP) is 5.81. The molecule has 1 saturated heterocycles. The molecule has 1 heterocycles. The summed E-state index contributed by atoms with van der Waals surface area (Å²) in [5, 5.41) is 10.9. The highest BCUT2D eigenvalue weighted by Crippen LogP contribution is 2.44. The van der Waals surface area contributed by atoms with E-state index in [1.54, 1.807) is 30.9 Å². The van der Waals surface area contributed by atoms with Gasteiger partial charge in [0, 0.05) is 12.1 Å². The number of hydrogen-bond donors (Lipinski definition) is 1. The molecule has 1 N–H and O–H groups in total. The zero-order valence-electron chi connectivity index (χ0n) is 19.1. The first-order valence-corrected chi connectivity index (χ1v) is 11.0. The minimum absolute atomic E-state index is 0.133. The Labute approximate surface area is 191 Å². The Morgan fingerprint density at radius 2 is 1.55 bits per heavy atom. The van der Waals surface area contributed by atoms with Gasteiger partial charge in [0.15, 0.2) is 5.60 Å². The highest BCUT2D eigenvalue weighted by atomic mass is 19.4. The molecular formula is C25H30F5NO2. The highest BCUT2D eigenvalue weighted by Gasteiger charge is 2.57. The lowest BCUT2D eigenvalue weighted by Gasteiger charge is -2.42. The fourth-order valence-corrected chi connectivity index (χ4v) is 4.81. The van der Waals surface area contributed by atoms with Crippen LogP contribution in [0.1, 0.15) is 50.2 Å². The van der Waals surface area contributed by atoms with Crippen LogP contribution in [0, 0.1) is 11.6 Å². The molecule has 1 atom stereocenters. The molecule has 0 amide bonds. The molecule has 0 aliphatic carbocycles. The number of aliphatic hydroxyl groups is 1. The molecule has 0 radical (unpaired) electrons. The van der Waals surface area contributed by atoms with E-state index in [2.05, 4.69) is 0 Å². The van der Waals surface area contributed by atoms with Crippen LogP contribution in [0.25, 0.3) is 0 Å². The maximum absolute atomic E-state index is 14.1. The van der Waals surface area contributed by atoms with E-state index in [-0.39, 0.29) is 23.0 Å². The van der Waals surface area contributed by atoms with E-state index in [4.69, 9.17) is 4.74 Å². The number of alkyl halides is 3. The predicted molar refractivity (Wildman–Crippen MR) is 116 cm³/mol. The van der Waals surface area contributed by atoms with Crippen molar-refractivity contribution in [1.82, 2.24) is 4.90 Å². The fourth-order valence-electron chi connectivity index (χ4n) is 4.81. The molecule has 1 unspecified atom stereocenters.